The summed E-state index contributed by atoms with van der Waals surface area (Å²) in [6, 6.07) is 0. The number of piperidine rings is 1. The van der Waals surface area contributed by atoms with Crippen LogP contribution in [-0.4, -0.2) is 41.7 Å². The van der Waals surface area contributed by atoms with Gasteiger partial charge in [0.1, 0.15) is 0 Å². The van der Waals surface area contributed by atoms with E-state index < -0.39 is 9.84 Å². The normalized spacial score (nSPS) is 25.0. The molecule has 1 aliphatic carbocycles. The molecule has 1 aromatic rings. The maximum atomic E-state index is 12.4. The molecule has 5 nitrogen and oxygen atoms in total. The van der Waals surface area contributed by atoms with E-state index in [4.69, 9.17) is 0 Å². The van der Waals surface area contributed by atoms with Crippen molar-refractivity contribution in [1.29, 1.82) is 0 Å². The first-order valence-corrected chi connectivity index (χ1v) is 11.7. The van der Waals surface area contributed by atoms with Gasteiger partial charge in [-0.3, -0.25) is 4.90 Å². The third kappa shape index (κ3) is 4.27. The quantitative estimate of drug-likeness (QED) is 0.740. The summed E-state index contributed by atoms with van der Waals surface area (Å²) in [5, 5.41) is 0.269. The molecule has 2 aliphatic rings. The molecular formula is C19H33N3O2S. The van der Waals surface area contributed by atoms with E-state index in [1.807, 2.05) is 4.57 Å². The fourth-order valence-electron chi connectivity index (χ4n) is 4.50. The van der Waals surface area contributed by atoms with Gasteiger partial charge >= 0.3 is 0 Å². The third-order valence-electron chi connectivity index (χ3n) is 6.06. The lowest BCUT2D eigenvalue weighted by Gasteiger charge is -2.41. The molecule has 0 aromatic carbocycles. The summed E-state index contributed by atoms with van der Waals surface area (Å²) >= 11 is 0. The van der Waals surface area contributed by atoms with Crippen molar-refractivity contribution >= 4 is 9.84 Å². The number of aromatic nitrogens is 2. The van der Waals surface area contributed by atoms with Crippen LogP contribution in [-0.2, 0) is 22.9 Å². The van der Waals surface area contributed by atoms with E-state index in [1.54, 1.807) is 13.1 Å². The number of hydrogen-bond donors (Lipinski definition) is 0. The minimum atomic E-state index is -3.26. The van der Waals surface area contributed by atoms with Crippen LogP contribution >= 0.6 is 0 Å². The fourth-order valence-corrected chi connectivity index (χ4v) is 5.52. The summed E-state index contributed by atoms with van der Waals surface area (Å²) in [5.41, 5.74) is 1.06. The van der Waals surface area contributed by atoms with Crippen molar-refractivity contribution in [2.24, 2.45) is 11.8 Å². The van der Waals surface area contributed by atoms with E-state index >= 15 is 0 Å². The number of nitrogens with zero attached hydrogens (tertiary/aromatic N) is 3. The van der Waals surface area contributed by atoms with Crippen molar-refractivity contribution in [3.8, 4) is 0 Å². The van der Waals surface area contributed by atoms with Crippen LogP contribution < -0.4 is 0 Å². The third-order valence-corrected chi connectivity index (χ3v) is 7.70. The molecule has 3 rings (SSSR count). The number of sulfone groups is 1. The van der Waals surface area contributed by atoms with Gasteiger partial charge in [-0.15, -0.1) is 0 Å². The molecule has 6 heteroatoms. The zero-order valence-corrected chi connectivity index (χ0v) is 16.6. The Morgan fingerprint density at radius 1 is 1.16 bits per heavy atom. The standard InChI is InChI=1S/C19H33N3O2S/c1-3-5-11-22-18(13-20-19(22)25(23,24)4-2)15-21-12-10-16-8-6-7-9-17(16)14-21/h13,16-17H,3-12,14-15H2,1-2H3/t16-,17-/m0/s1. The maximum Gasteiger partial charge on any atom is 0.227 e. The molecule has 0 N–H and O–H groups in total. The highest BCUT2D eigenvalue weighted by molar-refractivity contribution is 7.91. The van der Waals surface area contributed by atoms with E-state index in [0.29, 0.717) is 0 Å². The van der Waals surface area contributed by atoms with Crippen molar-refractivity contribution < 1.29 is 8.42 Å². The van der Waals surface area contributed by atoms with Crippen LogP contribution in [0, 0.1) is 11.8 Å². The van der Waals surface area contributed by atoms with E-state index in [0.717, 1.165) is 50.0 Å². The predicted molar refractivity (Wildman–Crippen MR) is 100 cm³/mol. The molecular weight excluding hydrogens is 334 g/mol. The number of hydrogen-bond acceptors (Lipinski definition) is 4. The fraction of sp³-hybridized carbons (Fsp3) is 0.842. The van der Waals surface area contributed by atoms with Gasteiger partial charge < -0.3 is 4.57 Å². The lowest BCUT2D eigenvalue weighted by Crippen LogP contribution is -2.41. The Bertz CT molecular complexity index is 668. The topological polar surface area (TPSA) is 55.2 Å². The highest BCUT2D eigenvalue weighted by atomic mass is 32.2. The second kappa shape index (κ2) is 8.21. The zero-order valence-electron chi connectivity index (χ0n) is 15.8. The SMILES string of the molecule is CCCCn1c(CN2CC[C@@H]3CCCC[C@H]3C2)cnc1S(=O)(=O)CC. The zero-order chi connectivity index (χ0) is 17.9. The van der Waals surface area contributed by atoms with Gasteiger partial charge in [-0.2, -0.15) is 0 Å². The van der Waals surface area contributed by atoms with Crippen LogP contribution in [0.3, 0.4) is 0 Å². The average Bonchev–Trinajstić information content (AvgIpc) is 3.03. The largest absolute Gasteiger partial charge is 0.318 e. The number of rotatable bonds is 7. The average molecular weight is 368 g/mol. The first kappa shape index (κ1) is 18.9. The van der Waals surface area contributed by atoms with Gasteiger partial charge in [0.25, 0.3) is 0 Å². The van der Waals surface area contributed by atoms with Crippen LogP contribution in [0.15, 0.2) is 11.4 Å². The van der Waals surface area contributed by atoms with Gasteiger partial charge in [0.2, 0.25) is 15.0 Å². The minimum Gasteiger partial charge on any atom is -0.318 e. The summed E-state index contributed by atoms with van der Waals surface area (Å²) in [5.74, 6) is 1.88. The molecule has 142 valence electrons. The van der Waals surface area contributed by atoms with Crippen molar-refractivity contribution in [2.45, 2.75) is 77.0 Å². The first-order valence-electron chi connectivity index (χ1n) is 10.0. The molecule has 0 spiro atoms. The Kier molecular flexibility index (Phi) is 6.21. The molecule has 2 atom stereocenters. The molecule has 0 bridgehead atoms. The Morgan fingerprint density at radius 2 is 1.92 bits per heavy atom. The summed E-state index contributed by atoms with van der Waals surface area (Å²) < 4.78 is 26.7. The van der Waals surface area contributed by atoms with Crippen LogP contribution in [0.5, 0.6) is 0 Å². The van der Waals surface area contributed by atoms with Gasteiger partial charge in [0, 0.05) is 19.6 Å². The summed E-state index contributed by atoms with van der Waals surface area (Å²) in [6.45, 7) is 7.72. The molecule has 25 heavy (non-hydrogen) atoms. The van der Waals surface area contributed by atoms with E-state index in [2.05, 4.69) is 16.8 Å². The monoisotopic (exact) mass is 367 g/mol. The summed E-state index contributed by atoms with van der Waals surface area (Å²) in [7, 11) is -3.26. The Balaban J connectivity index is 1.75. The van der Waals surface area contributed by atoms with Gasteiger partial charge in [-0.25, -0.2) is 13.4 Å². The molecule has 2 heterocycles. The van der Waals surface area contributed by atoms with Crippen LogP contribution in [0.1, 0.15) is 64.5 Å². The lowest BCUT2D eigenvalue weighted by atomic mass is 9.75. The highest BCUT2D eigenvalue weighted by Crippen LogP contribution is 2.36. The molecule has 0 unspecified atom stereocenters. The molecule has 1 aliphatic heterocycles. The van der Waals surface area contributed by atoms with Gasteiger partial charge in [0.15, 0.2) is 0 Å². The van der Waals surface area contributed by atoms with Crippen molar-refractivity contribution in [1.82, 2.24) is 14.5 Å². The number of unbranched alkanes of at least 4 members (excludes halogenated alkanes) is 1. The van der Waals surface area contributed by atoms with E-state index in [-0.39, 0.29) is 10.9 Å². The van der Waals surface area contributed by atoms with Crippen LogP contribution in [0.2, 0.25) is 0 Å². The lowest BCUT2D eigenvalue weighted by molar-refractivity contribution is 0.0803. The Hall–Kier alpha value is -0.880. The Morgan fingerprint density at radius 3 is 2.64 bits per heavy atom. The van der Waals surface area contributed by atoms with Crippen molar-refractivity contribution in [3.63, 3.8) is 0 Å². The molecule has 0 radical (unpaired) electrons. The smallest absolute Gasteiger partial charge is 0.227 e. The minimum absolute atomic E-state index is 0.114. The molecule has 1 saturated heterocycles. The van der Waals surface area contributed by atoms with E-state index in [1.165, 1.54) is 38.6 Å². The molecule has 0 amide bonds. The van der Waals surface area contributed by atoms with Crippen molar-refractivity contribution in [2.75, 3.05) is 18.8 Å². The molecule has 1 aromatic heterocycles. The highest BCUT2D eigenvalue weighted by Gasteiger charge is 2.31. The van der Waals surface area contributed by atoms with Crippen molar-refractivity contribution in [3.05, 3.63) is 11.9 Å². The second-order valence-electron chi connectivity index (χ2n) is 7.77. The summed E-state index contributed by atoms with van der Waals surface area (Å²) in [6.07, 6.45) is 10.7. The van der Waals surface area contributed by atoms with Gasteiger partial charge in [0.05, 0.1) is 17.6 Å². The number of fused-ring (bicyclic) bond motifs is 1. The number of imidazole rings is 1. The Labute approximate surface area is 152 Å². The molecule has 2 fully saturated rings. The second-order valence-corrected chi connectivity index (χ2v) is 9.94. The molecule has 1 saturated carbocycles. The van der Waals surface area contributed by atoms with E-state index in [9.17, 15) is 8.42 Å². The maximum absolute atomic E-state index is 12.4. The van der Waals surface area contributed by atoms with Gasteiger partial charge in [-0.05, 0) is 37.6 Å². The number of likely N-dealkylation sites (tertiary alicyclic amines) is 1. The predicted octanol–water partition coefficient (Wildman–Crippen LogP) is 3.49. The van der Waals surface area contributed by atoms with Crippen LogP contribution in [0.25, 0.3) is 0 Å². The van der Waals surface area contributed by atoms with Crippen LogP contribution in [0.4, 0.5) is 0 Å². The summed E-state index contributed by atoms with van der Waals surface area (Å²) in [4.78, 5) is 6.83. The van der Waals surface area contributed by atoms with Gasteiger partial charge in [-0.1, -0.05) is 39.5 Å². The first-order chi connectivity index (χ1) is 12.0.